The Morgan fingerprint density at radius 1 is 0.650 bits per heavy atom. The summed E-state index contributed by atoms with van der Waals surface area (Å²) in [6.45, 7) is 2.28. The Bertz CT molecular complexity index is 2620. The van der Waals surface area contributed by atoms with Gasteiger partial charge in [-0.15, -0.1) is 0 Å². The fraction of sp³-hybridized carbons (Fsp3) is 0.163. The van der Waals surface area contributed by atoms with Crippen LogP contribution in [0.15, 0.2) is 140 Å². The molecule has 0 fully saturated rings. The number of alkyl halides is 3. The SMILES string of the molecule is Cc1nc(-c2cccc(C(=O)O)c2)no1.NCCc1coc(-c2ccccc2)n1.O=C(CCCc1coc(-c2ccccc2)n1)c1cccc(-c2noc(C(F)(F)F)n2)c1. The zero-order chi connectivity index (χ0) is 42.5. The predicted molar refractivity (Wildman–Crippen MR) is 210 cm³/mol. The van der Waals surface area contributed by atoms with Crippen LogP contribution >= 0.6 is 0 Å². The van der Waals surface area contributed by atoms with Gasteiger partial charge in [0, 0.05) is 47.6 Å². The van der Waals surface area contributed by atoms with Crippen LogP contribution in [0, 0.1) is 6.92 Å². The minimum absolute atomic E-state index is 0.145. The van der Waals surface area contributed by atoms with Crippen molar-refractivity contribution in [2.24, 2.45) is 5.73 Å². The number of carbonyl (C=O) groups is 2. The molecule has 0 radical (unpaired) electrons. The fourth-order valence-electron chi connectivity index (χ4n) is 5.49. The number of hydrogen-bond acceptors (Lipinski definition) is 13. The second-order valence-corrected chi connectivity index (χ2v) is 12.9. The highest BCUT2D eigenvalue weighted by atomic mass is 19.4. The molecule has 0 aliphatic heterocycles. The molecule has 0 saturated carbocycles. The van der Waals surface area contributed by atoms with Crippen molar-refractivity contribution in [3.63, 3.8) is 0 Å². The first-order valence-corrected chi connectivity index (χ1v) is 18.3. The van der Waals surface area contributed by atoms with Crippen molar-refractivity contribution in [2.75, 3.05) is 6.54 Å². The Morgan fingerprint density at radius 3 is 1.68 bits per heavy atom. The molecule has 306 valence electrons. The zero-order valence-electron chi connectivity index (χ0n) is 31.9. The molecule has 0 amide bonds. The van der Waals surface area contributed by atoms with Crippen molar-refractivity contribution in [1.82, 2.24) is 30.2 Å². The van der Waals surface area contributed by atoms with Crippen LogP contribution in [0.4, 0.5) is 13.2 Å². The fourth-order valence-corrected chi connectivity index (χ4v) is 5.49. The van der Waals surface area contributed by atoms with Gasteiger partial charge < -0.3 is 28.7 Å². The number of carbonyl (C=O) groups excluding carboxylic acids is 1. The van der Waals surface area contributed by atoms with Crippen molar-refractivity contribution in [1.29, 1.82) is 0 Å². The number of oxazole rings is 2. The van der Waals surface area contributed by atoms with Gasteiger partial charge in [-0.2, -0.15) is 23.1 Å². The highest BCUT2D eigenvalue weighted by molar-refractivity contribution is 5.97. The number of aromatic carboxylic acids is 1. The van der Waals surface area contributed by atoms with Crippen molar-refractivity contribution in [3.8, 4) is 45.7 Å². The number of nitrogens with zero attached hydrogens (tertiary/aromatic N) is 6. The third-order valence-electron chi connectivity index (χ3n) is 8.39. The summed E-state index contributed by atoms with van der Waals surface area (Å²) < 4.78 is 57.8. The quantitative estimate of drug-likeness (QED) is 0.110. The molecule has 0 spiro atoms. The Hall–Kier alpha value is -7.53. The van der Waals surface area contributed by atoms with Gasteiger partial charge in [-0.1, -0.05) is 77.0 Å². The summed E-state index contributed by atoms with van der Waals surface area (Å²) in [6.07, 6.45) is 0.621. The molecule has 0 saturated heterocycles. The average Bonchev–Trinajstić information content (AvgIpc) is 4.11. The van der Waals surface area contributed by atoms with Crippen LogP contribution in [0.5, 0.6) is 0 Å². The summed E-state index contributed by atoms with van der Waals surface area (Å²) in [6, 6.07) is 31.8. The molecule has 17 heteroatoms. The van der Waals surface area contributed by atoms with Gasteiger partial charge in [0.15, 0.2) is 5.78 Å². The lowest BCUT2D eigenvalue weighted by Gasteiger charge is -2.02. The third kappa shape index (κ3) is 11.5. The molecule has 3 N–H and O–H groups in total. The van der Waals surface area contributed by atoms with Gasteiger partial charge in [0.2, 0.25) is 29.3 Å². The van der Waals surface area contributed by atoms with Crippen LogP contribution in [0.25, 0.3) is 45.7 Å². The van der Waals surface area contributed by atoms with Crippen molar-refractivity contribution < 1.29 is 45.7 Å². The number of halogens is 3. The number of ketones is 1. The van der Waals surface area contributed by atoms with Gasteiger partial charge in [0.25, 0.3) is 0 Å². The highest BCUT2D eigenvalue weighted by Crippen LogP contribution is 2.30. The van der Waals surface area contributed by atoms with Crippen LogP contribution in [-0.4, -0.2) is 53.7 Å². The van der Waals surface area contributed by atoms with E-state index >= 15 is 0 Å². The summed E-state index contributed by atoms with van der Waals surface area (Å²) in [5.74, 6) is -0.742. The average molecular weight is 820 g/mol. The number of benzene rings is 4. The second-order valence-electron chi connectivity index (χ2n) is 12.9. The number of aryl methyl sites for hydroxylation is 2. The molecule has 4 aromatic heterocycles. The first-order valence-electron chi connectivity index (χ1n) is 18.3. The number of nitrogens with two attached hydrogens (primary N) is 1. The summed E-state index contributed by atoms with van der Waals surface area (Å²) >= 11 is 0. The van der Waals surface area contributed by atoms with Crippen molar-refractivity contribution in [2.45, 2.75) is 38.8 Å². The molecule has 60 heavy (non-hydrogen) atoms. The molecule has 0 unspecified atom stereocenters. The van der Waals surface area contributed by atoms with Crippen LogP contribution < -0.4 is 5.73 Å². The molecule has 4 heterocycles. The Kier molecular flexibility index (Phi) is 13.9. The molecule has 8 rings (SSSR count). The predicted octanol–water partition coefficient (Wildman–Crippen LogP) is 9.20. The number of aromatic nitrogens is 6. The number of rotatable bonds is 12. The van der Waals surface area contributed by atoms with Crippen molar-refractivity contribution >= 4 is 11.8 Å². The summed E-state index contributed by atoms with van der Waals surface area (Å²) in [5.41, 5.74) is 10.4. The first kappa shape index (κ1) is 42.1. The number of carboxylic acid groups (broad SMARTS) is 1. The Morgan fingerprint density at radius 2 is 1.17 bits per heavy atom. The van der Waals surface area contributed by atoms with E-state index in [-0.39, 0.29) is 29.2 Å². The largest absolute Gasteiger partial charge is 0.478 e. The minimum atomic E-state index is -4.72. The van der Waals surface area contributed by atoms with E-state index in [0.29, 0.717) is 54.0 Å². The first-order chi connectivity index (χ1) is 29.0. The molecular formula is C43H36F3N7O7. The van der Waals surface area contributed by atoms with Gasteiger partial charge in [-0.05, 0) is 61.9 Å². The summed E-state index contributed by atoms with van der Waals surface area (Å²) in [4.78, 5) is 39.4. The lowest BCUT2D eigenvalue weighted by Crippen LogP contribution is -2.05. The van der Waals surface area contributed by atoms with Gasteiger partial charge in [0.05, 0.1) is 17.0 Å². The molecule has 4 aromatic carbocycles. The van der Waals surface area contributed by atoms with E-state index in [9.17, 15) is 22.8 Å². The molecule has 8 aromatic rings. The molecular weight excluding hydrogens is 784 g/mol. The van der Waals surface area contributed by atoms with Gasteiger partial charge in [-0.25, -0.2) is 14.8 Å². The number of carboxylic acids is 1. The summed E-state index contributed by atoms with van der Waals surface area (Å²) in [5, 5.41) is 15.9. The topological polar surface area (TPSA) is 210 Å². The Balaban J connectivity index is 0.000000172. The van der Waals surface area contributed by atoms with Crippen LogP contribution in [0.2, 0.25) is 0 Å². The maximum atomic E-state index is 12.6. The van der Waals surface area contributed by atoms with E-state index in [1.54, 1.807) is 43.7 Å². The number of hydrogen-bond donors (Lipinski definition) is 2. The van der Waals surface area contributed by atoms with Crippen LogP contribution in [0.3, 0.4) is 0 Å². The van der Waals surface area contributed by atoms with E-state index in [0.717, 1.165) is 28.9 Å². The maximum Gasteiger partial charge on any atom is 0.471 e. The van der Waals surface area contributed by atoms with E-state index in [2.05, 4.69) is 34.8 Å². The van der Waals surface area contributed by atoms with E-state index in [1.807, 2.05) is 60.7 Å². The Labute approximate surface area is 339 Å². The minimum Gasteiger partial charge on any atom is -0.478 e. The molecule has 0 bridgehead atoms. The smallest absolute Gasteiger partial charge is 0.471 e. The van der Waals surface area contributed by atoms with E-state index in [4.69, 9.17) is 24.2 Å². The monoisotopic (exact) mass is 819 g/mol. The normalized spacial score (nSPS) is 10.9. The molecule has 0 aliphatic rings. The summed E-state index contributed by atoms with van der Waals surface area (Å²) in [7, 11) is 0. The lowest BCUT2D eigenvalue weighted by atomic mass is 10.0. The van der Waals surface area contributed by atoms with E-state index in [1.165, 1.54) is 24.3 Å². The molecule has 0 aliphatic carbocycles. The van der Waals surface area contributed by atoms with Gasteiger partial charge in [-0.3, -0.25) is 4.79 Å². The molecule has 14 nitrogen and oxygen atoms in total. The lowest BCUT2D eigenvalue weighted by molar-refractivity contribution is -0.159. The standard InChI is InChI=1S/C22H16F3N3O3.C11H12N2O.C10H8N2O3/c23-22(24,25)21-27-19(28-31-21)16-9-4-8-15(12-16)18(29)11-5-10-17-13-30-20(26-17)14-6-2-1-3-7-14;12-7-6-10-8-14-11(13-10)9-4-2-1-3-5-9;1-6-11-9(12-15-6)7-3-2-4-8(5-7)10(13)14/h1-4,6-9,12-13H,5,10-11H2;1-5,8H,6-7,12H2;2-5H,1H3,(H,13,14). The van der Waals surface area contributed by atoms with Gasteiger partial charge in [0.1, 0.15) is 12.5 Å². The van der Waals surface area contributed by atoms with Gasteiger partial charge >= 0.3 is 18.0 Å². The third-order valence-corrected chi connectivity index (χ3v) is 8.39. The highest BCUT2D eigenvalue weighted by Gasteiger charge is 2.38. The van der Waals surface area contributed by atoms with Crippen molar-refractivity contribution in [3.05, 3.63) is 156 Å². The van der Waals surface area contributed by atoms with E-state index < -0.39 is 18.0 Å². The maximum absolute atomic E-state index is 12.6. The van der Waals surface area contributed by atoms with Crippen LogP contribution in [-0.2, 0) is 19.0 Å². The second kappa shape index (κ2) is 19.8. The molecule has 0 atom stereocenters. The zero-order valence-corrected chi connectivity index (χ0v) is 31.9. The van der Waals surface area contributed by atoms with Crippen LogP contribution in [0.1, 0.15) is 56.7 Å². The number of Topliss-reactive ketones (excluding diaryl/α,β-unsaturated/α-hetero) is 1.